The van der Waals surface area contributed by atoms with Crippen molar-refractivity contribution in [1.29, 1.82) is 0 Å². The monoisotopic (exact) mass is 366 g/mol. The molecule has 0 spiro atoms. The van der Waals surface area contributed by atoms with Gasteiger partial charge < -0.3 is 4.55 Å². The van der Waals surface area contributed by atoms with Crippen LogP contribution in [0.1, 0.15) is 26.3 Å². The molecular formula is C19H12NO5S-. The molecule has 0 aliphatic carbocycles. The van der Waals surface area contributed by atoms with Crippen LogP contribution in [0.4, 0.5) is 0 Å². The Labute approximate surface area is 149 Å². The molecule has 2 amide bonds. The molecule has 26 heavy (non-hydrogen) atoms. The summed E-state index contributed by atoms with van der Waals surface area (Å²) in [5.74, 6) is -1.07. The number of nitrogens with zero attached hydrogens (tertiary/aromatic N) is 1. The highest BCUT2D eigenvalue weighted by Crippen LogP contribution is 2.33. The molecule has 0 saturated carbocycles. The van der Waals surface area contributed by atoms with Gasteiger partial charge in [0.2, 0.25) is 0 Å². The first-order valence-corrected chi connectivity index (χ1v) is 9.20. The van der Waals surface area contributed by atoms with Crippen LogP contribution in [0, 0.1) is 0 Å². The van der Waals surface area contributed by atoms with Crippen molar-refractivity contribution in [2.45, 2.75) is 11.4 Å². The number of hydrogen-bond donors (Lipinski definition) is 0. The van der Waals surface area contributed by atoms with E-state index in [9.17, 15) is 22.6 Å². The third-order valence-electron chi connectivity index (χ3n) is 4.37. The predicted molar refractivity (Wildman–Crippen MR) is 92.6 cm³/mol. The van der Waals surface area contributed by atoms with Crippen LogP contribution >= 0.6 is 0 Å². The van der Waals surface area contributed by atoms with Gasteiger partial charge in [-0.05, 0) is 29.1 Å². The molecule has 0 N–H and O–H groups in total. The van der Waals surface area contributed by atoms with Crippen LogP contribution in [0.15, 0.2) is 65.6 Å². The van der Waals surface area contributed by atoms with Crippen molar-refractivity contribution < 1.29 is 22.6 Å². The molecule has 1 aliphatic rings. The summed E-state index contributed by atoms with van der Waals surface area (Å²) in [6, 6.07) is 16.0. The van der Waals surface area contributed by atoms with Crippen molar-refractivity contribution in [3.63, 3.8) is 0 Å². The number of benzene rings is 3. The van der Waals surface area contributed by atoms with Gasteiger partial charge in [-0.15, -0.1) is 0 Å². The molecule has 0 aromatic heterocycles. The molecule has 6 nitrogen and oxygen atoms in total. The van der Waals surface area contributed by atoms with Gasteiger partial charge in [-0.1, -0.05) is 42.5 Å². The molecule has 7 heteroatoms. The van der Waals surface area contributed by atoms with Gasteiger partial charge in [0.05, 0.1) is 11.4 Å². The van der Waals surface area contributed by atoms with E-state index in [0.717, 1.165) is 16.5 Å². The minimum atomic E-state index is -4.73. The number of amides is 2. The molecule has 0 radical (unpaired) electrons. The molecule has 0 fully saturated rings. The third kappa shape index (κ3) is 2.58. The number of rotatable bonds is 3. The Hall–Kier alpha value is -3.03. The molecule has 4 rings (SSSR count). The van der Waals surface area contributed by atoms with Crippen LogP contribution in [-0.2, 0) is 16.7 Å². The first-order chi connectivity index (χ1) is 12.4. The van der Waals surface area contributed by atoms with E-state index in [1.54, 1.807) is 42.5 Å². The predicted octanol–water partition coefficient (Wildman–Crippen LogP) is 2.54. The van der Waals surface area contributed by atoms with Crippen molar-refractivity contribution in [1.82, 2.24) is 4.90 Å². The fourth-order valence-electron chi connectivity index (χ4n) is 3.18. The lowest BCUT2D eigenvalue weighted by molar-refractivity contribution is 0.0598. The summed E-state index contributed by atoms with van der Waals surface area (Å²) in [4.78, 5) is 26.3. The standard InChI is InChI=1S/C19H13NO5S/c21-18-15-8-4-7-13-9-14(26(23,24)25)10-16(17(13)15)19(22)20(18)11-12-5-2-1-3-6-12/h1-10H,11H2,(H,23,24,25)/p-1. The van der Waals surface area contributed by atoms with Crippen molar-refractivity contribution >= 4 is 32.7 Å². The molecule has 0 atom stereocenters. The molecule has 0 saturated heterocycles. The highest BCUT2D eigenvalue weighted by molar-refractivity contribution is 7.85. The smallest absolute Gasteiger partial charge is 0.261 e. The first kappa shape index (κ1) is 16.4. The SMILES string of the molecule is O=C1c2cccc3cc(S(=O)(=O)[O-])cc(c23)C(=O)N1Cc1ccccc1. The fraction of sp³-hybridized carbons (Fsp3) is 0.0526. The Balaban J connectivity index is 1.92. The van der Waals surface area contributed by atoms with E-state index >= 15 is 0 Å². The number of carbonyl (C=O) groups is 2. The second-order valence-corrected chi connectivity index (χ2v) is 7.39. The zero-order valence-electron chi connectivity index (χ0n) is 13.4. The van der Waals surface area contributed by atoms with Gasteiger partial charge in [-0.3, -0.25) is 14.5 Å². The lowest BCUT2D eigenvalue weighted by atomic mass is 9.94. The van der Waals surface area contributed by atoms with E-state index in [1.807, 2.05) is 6.07 Å². The van der Waals surface area contributed by atoms with Crippen molar-refractivity contribution in [2.75, 3.05) is 0 Å². The summed E-state index contributed by atoms with van der Waals surface area (Å²) >= 11 is 0. The molecule has 0 unspecified atom stereocenters. The zero-order chi connectivity index (χ0) is 18.5. The average Bonchev–Trinajstić information content (AvgIpc) is 2.62. The molecular weight excluding hydrogens is 354 g/mol. The minimum absolute atomic E-state index is 0.0445. The summed E-state index contributed by atoms with van der Waals surface area (Å²) < 4.78 is 34.3. The summed E-state index contributed by atoms with van der Waals surface area (Å²) in [5.41, 5.74) is 1.11. The summed E-state index contributed by atoms with van der Waals surface area (Å²) in [6.07, 6.45) is 0. The van der Waals surface area contributed by atoms with Crippen LogP contribution in [0.3, 0.4) is 0 Å². The van der Waals surface area contributed by atoms with Crippen molar-refractivity contribution in [2.24, 2.45) is 0 Å². The maximum absolute atomic E-state index is 12.9. The van der Waals surface area contributed by atoms with E-state index in [4.69, 9.17) is 0 Å². The Morgan fingerprint density at radius 1 is 0.846 bits per heavy atom. The molecule has 1 aliphatic heterocycles. The minimum Gasteiger partial charge on any atom is -0.744 e. The molecule has 3 aromatic carbocycles. The van der Waals surface area contributed by atoms with Gasteiger partial charge >= 0.3 is 0 Å². The van der Waals surface area contributed by atoms with E-state index in [1.165, 1.54) is 6.07 Å². The maximum atomic E-state index is 12.9. The zero-order valence-corrected chi connectivity index (χ0v) is 14.2. The second kappa shape index (κ2) is 5.76. The fourth-order valence-corrected chi connectivity index (χ4v) is 3.72. The molecule has 0 bridgehead atoms. The van der Waals surface area contributed by atoms with Crippen molar-refractivity contribution in [3.05, 3.63) is 77.4 Å². The lowest BCUT2D eigenvalue weighted by Crippen LogP contribution is -2.39. The normalized spacial score (nSPS) is 14.1. The number of imide groups is 1. The third-order valence-corrected chi connectivity index (χ3v) is 5.19. The van der Waals surface area contributed by atoms with Gasteiger partial charge in [0, 0.05) is 16.5 Å². The lowest BCUT2D eigenvalue weighted by Gasteiger charge is -2.28. The summed E-state index contributed by atoms with van der Waals surface area (Å²) in [7, 11) is -4.73. The van der Waals surface area contributed by atoms with Crippen LogP contribution in [0.2, 0.25) is 0 Å². The van der Waals surface area contributed by atoms with Gasteiger partial charge in [0.15, 0.2) is 0 Å². The Morgan fingerprint density at radius 2 is 1.54 bits per heavy atom. The van der Waals surface area contributed by atoms with Gasteiger partial charge in [0.1, 0.15) is 10.1 Å². The quantitative estimate of drug-likeness (QED) is 0.524. The summed E-state index contributed by atoms with van der Waals surface area (Å²) in [5, 5.41) is 0.745. The van der Waals surface area contributed by atoms with E-state index < -0.39 is 26.8 Å². The molecule has 3 aromatic rings. The van der Waals surface area contributed by atoms with E-state index in [-0.39, 0.29) is 12.1 Å². The maximum Gasteiger partial charge on any atom is 0.261 e. The van der Waals surface area contributed by atoms with E-state index in [2.05, 4.69) is 0 Å². The van der Waals surface area contributed by atoms with Gasteiger partial charge in [-0.2, -0.15) is 0 Å². The van der Waals surface area contributed by atoms with Crippen LogP contribution in [-0.4, -0.2) is 29.7 Å². The molecule has 130 valence electrons. The van der Waals surface area contributed by atoms with Gasteiger partial charge in [0.25, 0.3) is 11.8 Å². The topological polar surface area (TPSA) is 94.6 Å². The Morgan fingerprint density at radius 3 is 2.23 bits per heavy atom. The number of hydrogen-bond acceptors (Lipinski definition) is 5. The van der Waals surface area contributed by atoms with E-state index in [0.29, 0.717) is 16.3 Å². The van der Waals surface area contributed by atoms with Gasteiger partial charge in [-0.25, -0.2) is 8.42 Å². The van der Waals surface area contributed by atoms with Crippen LogP contribution in [0.5, 0.6) is 0 Å². The van der Waals surface area contributed by atoms with Crippen molar-refractivity contribution in [3.8, 4) is 0 Å². The molecule has 1 heterocycles. The highest BCUT2D eigenvalue weighted by atomic mass is 32.2. The second-order valence-electron chi connectivity index (χ2n) is 6.01. The Kier molecular flexibility index (Phi) is 3.64. The Bertz CT molecular complexity index is 1170. The summed E-state index contributed by atoms with van der Waals surface area (Å²) in [6.45, 7) is 0.0582. The number of carbonyl (C=O) groups excluding carboxylic acids is 2. The van der Waals surface area contributed by atoms with Crippen LogP contribution < -0.4 is 0 Å². The largest absolute Gasteiger partial charge is 0.744 e. The highest BCUT2D eigenvalue weighted by Gasteiger charge is 2.33. The first-order valence-electron chi connectivity index (χ1n) is 7.79. The van der Waals surface area contributed by atoms with Crippen LogP contribution in [0.25, 0.3) is 10.8 Å². The average molecular weight is 366 g/mol.